The van der Waals surface area contributed by atoms with Crippen molar-refractivity contribution in [2.75, 3.05) is 11.9 Å². The molecule has 0 aliphatic rings. The van der Waals surface area contributed by atoms with Gasteiger partial charge in [-0.05, 0) is 40.8 Å². The van der Waals surface area contributed by atoms with Gasteiger partial charge in [0.05, 0.1) is 11.3 Å². The molecule has 0 heterocycles. The van der Waals surface area contributed by atoms with E-state index < -0.39 is 12.0 Å². The van der Waals surface area contributed by atoms with Crippen molar-refractivity contribution in [1.82, 2.24) is 5.32 Å². The number of carbonyl (C=O) groups excluding carboxylic acids is 1. The minimum Gasteiger partial charge on any atom is -0.478 e. The van der Waals surface area contributed by atoms with Crippen LogP contribution in [0.25, 0.3) is 0 Å². The molecule has 0 saturated heterocycles. The molecule has 17 heavy (non-hydrogen) atoms. The number of urea groups is 1. The SMILES string of the molecule is C=CCNC(=O)Nc1ccc(I)cc1C(=O)O. The summed E-state index contributed by atoms with van der Waals surface area (Å²) < 4.78 is 0.789. The standard InChI is InChI=1S/C11H11IN2O3/c1-2-5-13-11(17)14-9-4-3-7(12)6-8(9)10(15)16/h2-4,6H,1,5H2,(H,15,16)(H2,13,14,17). The molecule has 0 saturated carbocycles. The van der Waals surface area contributed by atoms with Crippen molar-refractivity contribution < 1.29 is 14.7 Å². The molecule has 5 nitrogen and oxygen atoms in total. The van der Waals surface area contributed by atoms with E-state index in [1.807, 2.05) is 22.6 Å². The van der Waals surface area contributed by atoms with Crippen LogP contribution in [-0.2, 0) is 0 Å². The summed E-state index contributed by atoms with van der Waals surface area (Å²) in [4.78, 5) is 22.3. The molecule has 0 bridgehead atoms. The summed E-state index contributed by atoms with van der Waals surface area (Å²) in [6, 6.07) is 4.30. The molecule has 0 aliphatic heterocycles. The molecule has 1 rings (SSSR count). The van der Waals surface area contributed by atoms with Gasteiger partial charge in [-0.25, -0.2) is 9.59 Å². The van der Waals surface area contributed by atoms with Crippen LogP contribution >= 0.6 is 22.6 Å². The first-order valence-electron chi connectivity index (χ1n) is 4.73. The van der Waals surface area contributed by atoms with Crippen LogP contribution in [0.4, 0.5) is 10.5 Å². The Balaban J connectivity index is 2.86. The Labute approximate surface area is 112 Å². The van der Waals surface area contributed by atoms with Gasteiger partial charge in [0.25, 0.3) is 0 Å². The zero-order valence-electron chi connectivity index (χ0n) is 8.87. The van der Waals surface area contributed by atoms with Crippen molar-refractivity contribution in [2.24, 2.45) is 0 Å². The average molecular weight is 346 g/mol. The Bertz CT molecular complexity index is 460. The van der Waals surface area contributed by atoms with Crippen LogP contribution in [0.3, 0.4) is 0 Å². The highest BCUT2D eigenvalue weighted by molar-refractivity contribution is 14.1. The number of amides is 2. The van der Waals surface area contributed by atoms with E-state index in [4.69, 9.17) is 5.11 Å². The maximum Gasteiger partial charge on any atom is 0.337 e. The van der Waals surface area contributed by atoms with E-state index in [0.717, 1.165) is 3.57 Å². The summed E-state index contributed by atoms with van der Waals surface area (Å²) in [5, 5.41) is 14.0. The number of nitrogens with one attached hydrogen (secondary N) is 2. The summed E-state index contributed by atoms with van der Waals surface area (Å²) in [6.07, 6.45) is 1.53. The molecule has 6 heteroatoms. The number of anilines is 1. The van der Waals surface area contributed by atoms with Crippen molar-refractivity contribution in [3.05, 3.63) is 40.0 Å². The third-order valence-corrected chi connectivity index (χ3v) is 2.54. The average Bonchev–Trinajstić information content (AvgIpc) is 2.28. The number of benzene rings is 1. The smallest absolute Gasteiger partial charge is 0.337 e. The van der Waals surface area contributed by atoms with Crippen LogP contribution in [0.2, 0.25) is 0 Å². The molecule has 1 aromatic rings. The van der Waals surface area contributed by atoms with Gasteiger partial charge in [0, 0.05) is 10.1 Å². The number of halogens is 1. The van der Waals surface area contributed by atoms with Gasteiger partial charge in [0.2, 0.25) is 0 Å². The summed E-state index contributed by atoms with van der Waals surface area (Å²) in [6.45, 7) is 3.78. The topological polar surface area (TPSA) is 78.4 Å². The van der Waals surface area contributed by atoms with Crippen molar-refractivity contribution >= 4 is 40.3 Å². The second-order valence-corrected chi connectivity index (χ2v) is 4.36. The number of hydrogen-bond acceptors (Lipinski definition) is 2. The molecule has 0 fully saturated rings. The number of carboxylic acids is 1. The number of carboxylic acid groups (broad SMARTS) is 1. The number of rotatable bonds is 4. The highest BCUT2D eigenvalue weighted by atomic mass is 127. The monoisotopic (exact) mass is 346 g/mol. The minimum absolute atomic E-state index is 0.0608. The Morgan fingerprint density at radius 3 is 2.76 bits per heavy atom. The van der Waals surface area contributed by atoms with Gasteiger partial charge in [0.15, 0.2) is 0 Å². The molecule has 2 amide bonds. The van der Waals surface area contributed by atoms with Crippen LogP contribution < -0.4 is 10.6 Å². The van der Waals surface area contributed by atoms with E-state index in [2.05, 4.69) is 17.2 Å². The van der Waals surface area contributed by atoms with Crippen LogP contribution in [0.5, 0.6) is 0 Å². The summed E-state index contributed by atoms with van der Waals surface area (Å²) in [7, 11) is 0. The number of aromatic carboxylic acids is 1. The molecule has 0 atom stereocenters. The second kappa shape index (κ2) is 6.24. The fourth-order valence-corrected chi connectivity index (χ4v) is 1.62. The van der Waals surface area contributed by atoms with Crippen molar-refractivity contribution in [1.29, 1.82) is 0 Å². The zero-order valence-corrected chi connectivity index (χ0v) is 11.0. The highest BCUT2D eigenvalue weighted by Gasteiger charge is 2.12. The minimum atomic E-state index is -1.08. The Morgan fingerprint density at radius 2 is 2.18 bits per heavy atom. The molecule has 3 N–H and O–H groups in total. The van der Waals surface area contributed by atoms with E-state index in [0.29, 0.717) is 6.54 Å². The third kappa shape index (κ3) is 4.06. The molecule has 0 aliphatic carbocycles. The lowest BCUT2D eigenvalue weighted by Gasteiger charge is -2.09. The van der Waals surface area contributed by atoms with Crippen molar-refractivity contribution in [3.8, 4) is 0 Å². The molecule has 90 valence electrons. The maximum absolute atomic E-state index is 11.4. The summed E-state index contributed by atoms with van der Waals surface area (Å²) >= 11 is 2.01. The van der Waals surface area contributed by atoms with Gasteiger partial charge in [0.1, 0.15) is 0 Å². The lowest BCUT2D eigenvalue weighted by molar-refractivity contribution is 0.0698. The van der Waals surface area contributed by atoms with Gasteiger partial charge >= 0.3 is 12.0 Å². The Hall–Kier alpha value is -1.57. The molecule has 0 radical (unpaired) electrons. The lowest BCUT2D eigenvalue weighted by Crippen LogP contribution is -2.29. The van der Waals surface area contributed by atoms with Gasteiger partial charge in [-0.2, -0.15) is 0 Å². The summed E-state index contributed by atoms with van der Waals surface area (Å²) in [5.41, 5.74) is 0.324. The maximum atomic E-state index is 11.4. The van der Waals surface area contributed by atoms with Crippen LogP contribution in [0.1, 0.15) is 10.4 Å². The first-order chi connectivity index (χ1) is 8.04. The predicted molar refractivity (Wildman–Crippen MR) is 73.3 cm³/mol. The van der Waals surface area contributed by atoms with E-state index >= 15 is 0 Å². The van der Waals surface area contributed by atoms with Gasteiger partial charge in [-0.15, -0.1) is 6.58 Å². The normalized spacial score (nSPS) is 9.47. The van der Waals surface area contributed by atoms with Gasteiger partial charge in [-0.1, -0.05) is 6.08 Å². The fourth-order valence-electron chi connectivity index (χ4n) is 1.13. The molecule has 0 aromatic heterocycles. The van der Waals surface area contributed by atoms with Gasteiger partial charge in [-0.3, -0.25) is 0 Å². The lowest BCUT2D eigenvalue weighted by atomic mass is 10.2. The van der Waals surface area contributed by atoms with Gasteiger partial charge < -0.3 is 15.7 Å². The highest BCUT2D eigenvalue weighted by Crippen LogP contribution is 2.18. The fraction of sp³-hybridized carbons (Fsp3) is 0.0909. The van der Waals surface area contributed by atoms with Crippen LogP contribution in [0, 0.1) is 3.57 Å². The first kappa shape index (κ1) is 13.5. The van der Waals surface area contributed by atoms with Crippen molar-refractivity contribution in [2.45, 2.75) is 0 Å². The molecule has 0 unspecified atom stereocenters. The number of hydrogen-bond donors (Lipinski definition) is 3. The summed E-state index contributed by atoms with van der Waals surface area (Å²) in [5.74, 6) is -1.08. The molecular formula is C11H11IN2O3. The second-order valence-electron chi connectivity index (χ2n) is 3.12. The molecule has 1 aromatic carbocycles. The van der Waals surface area contributed by atoms with E-state index in [1.165, 1.54) is 12.1 Å². The van der Waals surface area contributed by atoms with Crippen LogP contribution in [-0.4, -0.2) is 23.7 Å². The quantitative estimate of drug-likeness (QED) is 0.578. The van der Waals surface area contributed by atoms with E-state index in [9.17, 15) is 9.59 Å². The largest absolute Gasteiger partial charge is 0.478 e. The Morgan fingerprint density at radius 1 is 1.47 bits per heavy atom. The van der Waals surface area contributed by atoms with Crippen molar-refractivity contribution in [3.63, 3.8) is 0 Å². The first-order valence-corrected chi connectivity index (χ1v) is 5.81. The van der Waals surface area contributed by atoms with E-state index in [-0.39, 0.29) is 11.3 Å². The molecule has 0 spiro atoms. The number of carbonyl (C=O) groups is 2. The Kier molecular flexibility index (Phi) is 4.95. The zero-order chi connectivity index (χ0) is 12.8. The third-order valence-electron chi connectivity index (χ3n) is 1.87. The molecular weight excluding hydrogens is 335 g/mol. The van der Waals surface area contributed by atoms with E-state index in [1.54, 1.807) is 12.1 Å². The van der Waals surface area contributed by atoms with Crippen LogP contribution in [0.15, 0.2) is 30.9 Å². The predicted octanol–water partition coefficient (Wildman–Crippen LogP) is 2.30.